The topological polar surface area (TPSA) is 59.7 Å². The molecular weight excluding hydrogens is 510 g/mol. The van der Waals surface area contributed by atoms with Crippen LogP contribution in [0.25, 0.3) is 0 Å². The molecule has 4 rings (SSSR count). The van der Waals surface area contributed by atoms with Crippen molar-refractivity contribution in [1.29, 1.82) is 0 Å². The number of benzene rings is 3. The van der Waals surface area contributed by atoms with Crippen LogP contribution in [0.1, 0.15) is 44.8 Å². The molecule has 1 heterocycles. The second kappa shape index (κ2) is 18.5. The zero-order valence-corrected chi connectivity index (χ0v) is 23.3. The molecule has 35 heavy (non-hydrogen) atoms. The minimum Gasteiger partial charge on any atom is 0 e. The van der Waals surface area contributed by atoms with Gasteiger partial charge in [-0.05, 0) is 53.6 Å². The fourth-order valence-corrected chi connectivity index (χ4v) is 11.3. The summed E-state index contributed by atoms with van der Waals surface area (Å²) in [5.41, 5.74) is 4.02. The molecule has 0 saturated carbocycles. The molecule has 0 N–H and O–H groups in total. The first-order valence-corrected chi connectivity index (χ1v) is 13.9. The molecule has 0 radical (unpaired) electrons. The molecule has 6 heteroatoms. The van der Waals surface area contributed by atoms with Crippen LogP contribution in [0.2, 0.25) is 0 Å². The molecule has 1 fully saturated rings. The minimum absolute atomic E-state index is 0. The quantitative estimate of drug-likeness (QED) is 0.203. The van der Waals surface area contributed by atoms with E-state index < -0.39 is 7.92 Å². The van der Waals surface area contributed by atoms with Gasteiger partial charge in [-0.2, -0.15) is 0 Å². The first kappa shape index (κ1) is 33.3. The van der Waals surface area contributed by atoms with E-state index >= 15 is 0 Å². The smallest absolute Gasteiger partial charge is 0 e. The molecular formula is C29H30CrO3P2. The van der Waals surface area contributed by atoms with Crippen LogP contribution in [0.15, 0.2) is 84.9 Å². The van der Waals surface area contributed by atoms with Crippen LogP contribution in [0.4, 0.5) is 0 Å². The van der Waals surface area contributed by atoms with E-state index in [0.29, 0.717) is 5.66 Å². The van der Waals surface area contributed by atoms with Crippen molar-refractivity contribution < 1.29 is 31.3 Å². The van der Waals surface area contributed by atoms with Gasteiger partial charge in [0.25, 0.3) is 0 Å². The van der Waals surface area contributed by atoms with Crippen molar-refractivity contribution >= 4 is 31.8 Å². The zero-order valence-electron chi connectivity index (χ0n) is 20.3. The second-order valence-electron chi connectivity index (χ2n) is 7.96. The molecule has 0 spiro atoms. The van der Waals surface area contributed by atoms with Crippen LogP contribution >= 0.6 is 15.8 Å². The molecule has 3 nitrogen and oxygen atoms in total. The van der Waals surface area contributed by atoms with E-state index in [1.165, 1.54) is 23.5 Å². The third-order valence-corrected chi connectivity index (χ3v) is 12.4. The van der Waals surface area contributed by atoms with Crippen LogP contribution in [-0.4, -0.2) is 11.3 Å². The van der Waals surface area contributed by atoms with Crippen molar-refractivity contribution in [2.45, 2.75) is 50.6 Å². The predicted octanol–water partition coefficient (Wildman–Crippen LogP) is 6.44. The Hall–Kier alpha value is -1.73. The van der Waals surface area contributed by atoms with Gasteiger partial charge in [-0.3, -0.25) is 0 Å². The Morgan fingerprint density at radius 1 is 0.686 bits per heavy atom. The van der Waals surface area contributed by atoms with Crippen molar-refractivity contribution in [2.24, 2.45) is 0 Å². The largest absolute Gasteiger partial charge is 0 e. The number of hydrogen-bond donors (Lipinski definition) is 0. The summed E-state index contributed by atoms with van der Waals surface area (Å²) in [6.07, 6.45) is 2.82. The van der Waals surface area contributed by atoms with Crippen LogP contribution in [0.3, 0.4) is 0 Å². The van der Waals surface area contributed by atoms with E-state index in [-0.39, 0.29) is 25.3 Å². The van der Waals surface area contributed by atoms with E-state index in [1.807, 2.05) is 0 Å². The Bertz CT molecular complexity index is 974. The standard InChI is InChI=1S/C26H30P2.3CO.Cr/c1-20-18-19-21(2)27(20)22(3)25-16-10-11-17-26(25)28(23-12-6-4-7-13-23)24-14-8-5-9-15-24;3*1-2;/h4-17,20-22H,18-19H2,1-3H3;;;;/t20-,21-,22+;;;;/m1..../s1. The Labute approximate surface area is 223 Å². The summed E-state index contributed by atoms with van der Waals surface area (Å²) in [4.78, 5) is 0. The fraction of sp³-hybridized carbons (Fsp3) is 0.276. The number of rotatable bonds is 5. The van der Waals surface area contributed by atoms with Crippen LogP contribution in [0.5, 0.6) is 0 Å². The Morgan fingerprint density at radius 3 is 1.49 bits per heavy atom. The average Bonchev–Trinajstić information content (AvgIpc) is 3.26. The summed E-state index contributed by atoms with van der Waals surface area (Å²) >= 11 is 0. The maximum Gasteiger partial charge on any atom is 0 e. The van der Waals surface area contributed by atoms with Crippen molar-refractivity contribution in [3.05, 3.63) is 110 Å². The third kappa shape index (κ3) is 8.71. The summed E-state index contributed by atoms with van der Waals surface area (Å²) in [5.74, 6) is 0. The van der Waals surface area contributed by atoms with E-state index in [1.54, 1.807) is 10.9 Å². The summed E-state index contributed by atoms with van der Waals surface area (Å²) in [6, 6.07) is 31.5. The molecule has 1 saturated heterocycles. The van der Waals surface area contributed by atoms with Gasteiger partial charge in [0.15, 0.2) is 0 Å². The van der Waals surface area contributed by atoms with Gasteiger partial charge in [0, 0.05) is 23.0 Å². The van der Waals surface area contributed by atoms with Gasteiger partial charge in [-0.15, -0.1) is 0 Å². The molecule has 3 atom stereocenters. The summed E-state index contributed by atoms with van der Waals surface area (Å²) in [7, 11) is -0.505. The molecule has 0 amide bonds. The molecule has 3 aromatic rings. The molecule has 180 valence electrons. The molecule has 3 aromatic carbocycles. The summed E-state index contributed by atoms with van der Waals surface area (Å²) < 4.78 is 22.5. The normalized spacial score (nSPS) is 17.1. The second-order valence-corrected chi connectivity index (χ2v) is 13.6. The van der Waals surface area contributed by atoms with Crippen LogP contribution in [-0.2, 0) is 31.3 Å². The third-order valence-electron chi connectivity index (χ3n) is 6.12. The van der Waals surface area contributed by atoms with Crippen molar-refractivity contribution in [3.63, 3.8) is 0 Å². The van der Waals surface area contributed by atoms with Gasteiger partial charge < -0.3 is 0 Å². The molecule has 0 bridgehead atoms. The fourth-order valence-electron chi connectivity index (χ4n) is 4.76. The SMILES string of the molecule is C[C@@H]1CC[C@@H](C)P1[C@@H](C)c1ccccc1P(c1ccccc1)c1ccccc1.[C-]#[O+].[C-]#[O+].[C-]#[O+].[Cr]. The number of hydrogen-bond acceptors (Lipinski definition) is 0. The van der Waals surface area contributed by atoms with Gasteiger partial charge in [-0.25, -0.2) is 0 Å². The van der Waals surface area contributed by atoms with Crippen molar-refractivity contribution in [1.82, 2.24) is 0 Å². The van der Waals surface area contributed by atoms with E-state index in [2.05, 4.69) is 126 Å². The maximum absolute atomic E-state index is 7.50. The van der Waals surface area contributed by atoms with Gasteiger partial charge in [0.1, 0.15) is 0 Å². The Morgan fingerprint density at radius 2 is 1.06 bits per heavy atom. The van der Waals surface area contributed by atoms with E-state index in [0.717, 1.165) is 11.3 Å². The summed E-state index contributed by atoms with van der Waals surface area (Å²) in [6.45, 7) is 21.0. The first-order valence-electron chi connectivity index (χ1n) is 11.0. The average molecular weight is 541 g/mol. The molecule has 0 aliphatic carbocycles. The maximum atomic E-state index is 7.50. The van der Waals surface area contributed by atoms with Crippen LogP contribution < -0.4 is 15.9 Å². The molecule has 1 aliphatic heterocycles. The van der Waals surface area contributed by atoms with Gasteiger partial charge in [0.05, 0.1) is 0 Å². The molecule has 0 unspecified atom stereocenters. The van der Waals surface area contributed by atoms with Gasteiger partial charge >= 0.3 is 33.9 Å². The molecule has 1 aliphatic rings. The van der Waals surface area contributed by atoms with Gasteiger partial charge in [-0.1, -0.05) is 114 Å². The van der Waals surface area contributed by atoms with E-state index in [9.17, 15) is 0 Å². The first-order chi connectivity index (χ1) is 16.7. The Kier molecular flexibility index (Phi) is 17.6. The Balaban J connectivity index is 0.00000154. The predicted molar refractivity (Wildman–Crippen MR) is 140 cm³/mol. The van der Waals surface area contributed by atoms with Crippen LogP contribution in [0, 0.1) is 20.0 Å². The van der Waals surface area contributed by atoms with Gasteiger partial charge in [0.2, 0.25) is 0 Å². The zero-order chi connectivity index (χ0) is 25.5. The van der Waals surface area contributed by atoms with Crippen molar-refractivity contribution in [2.75, 3.05) is 0 Å². The van der Waals surface area contributed by atoms with Crippen molar-refractivity contribution in [3.8, 4) is 0 Å². The minimum atomic E-state index is -0.532. The molecule has 0 aromatic heterocycles. The monoisotopic (exact) mass is 540 g/mol. The van der Waals surface area contributed by atoms with E-state index in [4.69, 9.17) is 14.0 Å². The summed E-state index contributed by atoms with van der Waals surface area (Å²) in [5, 5.41) is 4.45.